The van der Waals surface area contributed by atoms with Crippen LogP contribution < -0.4 is 10.5 Å². The Balaban J connectivity index is 2.14. The number of ether oxygens (including phenoxy) is 2. The largest absolute Gasteiger partial charge is 0.488 e. The molecule has 2 rings (SSSR count). The normalized spacial score (nSPS) is 11.1. The second-order valence-electron chi connectivity index (χ2n) is 4.33. The van der Waals surface area contributed by atoms with E-state index in [9.17, 15) is 0 Å². The van der Waals surface area contributed by atoms with Gasteiger partial charge >= 0.3 is 0 Å². The van der Waals surface area contributed by atoms with Gasteiger partial charge in [-0.15, -0.1) is 0 Å². The highest BCUT2D eigenvalue weighted by Gasteiger charge is 2.07. The molecule has 4 heteroatoms. The van der Waals surface area contributed by atoms with E-state index < -0.39 is 0 Å². The molecule has 0 aliphatic heterocycles. The Morgan fingerprint density at radius 1 is 1.22 bits per heavy atom. The monoisotopic (exact) mass is 246 g/mol. The van der Waals surface area contributed by atoms with Crippen LogP contribution in [0.4, 0.5) is 5.69 Å². The zero-order chi connectivity index (χ0) is 13.0. The molecule has 1 aromatic heterocycles. The first kappa shape index (κ1) is 12.6. The first-order chi connectivity index (χ1) is 8.68. The van der Waals surface area contributed by atoms with Gasteiger partial charge in [0.1, 0.15) is 6.61 Å². The van der Waals surface area contributed by atoms with E-state index in [0.717, 1.165) is 10.9 Å². The number of pyridine rings is 1. The van der Waals surface area contributed by atoms with Gasteiger partial charge in [-0.05, 0) is 26.0 Å². The molecule has 96 valence electrons. The summed E-state index contributed by atoms with van der Waals surface area (Å²) in [6.45, 7) is 5.02. The second kappa shape index (κ2) is 5.69. The van der Waals surface area contributed by atoms with Gasteiger partial charge in [0.15, 0.2) is 5.75 Å². The van der Waals surface area contributed by atoms with Crippen molar-refractivity contribution < 1.29 is 9.47 Å². The van der Waals surface area contributed by atoms with E-state index in [4.69, 9.17) is 15.2 Å². The van der Waals surface area contributed by atoms with Crippen molar-refractivity contribution in [1.82, 2.24) is 4.98 Å². The summed E-state index contributed by atoms with van der Waals surface area (Å²) in [6, 6.07) is 7.78. The minimum absolute atomic E-state index is 0.208. The number of hydrogen-bond donors (Lipinski definition) is 1. The number of fused-ring (bicyclic) bond motifs is 1. The topological polar surface area (TPSA) is 57.4 Å². The Morgan fingerprint density at radius 3 is 2.78 bits per heavy atom. The van der Waals surface area contributed by atoms with Gasteiger partial charge in [-0.2, -0.15) is 0 Å². The predicted molar refractivity (Wildman–Crippen MR) is 72.7 cm³/mol. The summed E-state index contributed by atoms with van der Waals surface area (Å²) < 4.78 is 11.1. The Labute approximate surface area is 107 Å². The smallest absolute Gasteiger partial charge is 0.153 e. The third-order valence-corrected chi connectivity index (χ3v) is 2.53. The molecule has 0 saturated heterocycles. The van der Waals surface area contributed by atoms with Crippen LogP contribution in [0.25, 0.3) is 10.9 Å². The lowest BCUT2D eigenvalue weighted by molar-refractivity contribution is 0.0557. The molecular weight excluding hydrogens is 228 g/mol. The molecule has 0 atom stereocenters. The SMILES string of the molecule is CC(C)OCCOc1c(N)cnc2ccccc12. The maximum absolute atomic E-state index is 5.90. The van der Waals surface area contributed by atoms with Crippen LogP contribution in [0.2, 0.25) is 0 Å². The molecule has 1 heterocycles. The highest BCUT2D eigenvalue weighted by Crippen LogP contribution is 2.29. The molecule has 4 nitrogen and oxygen atoms in total. The van der Waals surface area contributed by atoms with Crippen LogP contribution >= 0.6 is 0 Å². The molecule has 0 unspecified atom stereocenters. The number of hydrogen-bond acceptors (Lipinski definition) is 4. The van der Waals surface area contributed by atoms with Crippen LogP contribution in [-0.4, -0.2) is 24.3 Å². The van der Waals surface area contributed by atoms with E-state index in [1.54, 1.807) is 6.20 Å². The van der Waals surface area contributed by atoms with E-state index in [2.05, 4.69) is 4.98 Å². The molecule has 0 fully saturated rings. The van der Waals surface area contributed by atoms with E-state index >= 15 is 0 Å². The number of aromatic nitrogens is 1. The van der Waals surface area contributed by atoms with Crippen molar-refractivity contribution in [3.63, 3.8) is 0 Å². The third-order valence-electron chi connectivity index (χ3n) is 2.53. The van der Waals surface area contributed by atoms with Crippen molar-refractivity contribution in [2.45, 2.75) is 20.0 Å². The highest BCUT2D eigenvalue weighted by molar-refractivity contribution is 5.89. The van der Waals surface area contributed by atoms with Gasteiger partial charge in [0.2, 0.25) is 0 Å². The molecule has 0 spiro atoms. The third kappa shape index (κ3) is 2.90. The molecular formula is C14H18N2O2. The lowest BCUT2D eigenvalue weighted by atomic mass is 10.2. The van der Waals surface area contributed by atoms with Crippen LogP contribution in [0.3, 0.4) is 0 Å². The Bertz CT molecular complexity index is 526. The van der Waals surface area contributed by atoms with E-state index in [1.807, 2.05) is 38.1 Å². The van der Waals surface area contributed by atoms with Crippen molar-refractivity contribution >= 4 is 16.6 Å². The van der Waals surface area contributed by atoms with Crippen LogP contribution in [-0.2, 0) is 4.74 Å². The fourth-order valence-corrected chi connectivity index (χ4v) is 1.72. The van der Waals surface area contributed by atoms with Crippen molar-refractivity contribution in [3.8, 4) is 5.75 Å². The average molecular weight is 246 g/mol. The molecule has 0 aliphatic carbocycles. The fourth-order valence-electron chi connectivity index (χ4n) is 1.72. The Hall–Kier alpha value is -1.81. The first-order valence-electron chi connectivity index (χ1n) is 6.06. The lowest BCUT2D eigenvalue weighted by Crippen LogP contribution is -2.12. The second-order valence-corrected chi connectivity index (χ2v) is 4.33. The average Bonchev–Trinajstić information content (AvgIpc) is 2.36. The highest BCUT2D eigenvalue weighted by atomic mass is 16.5. The van der Waals surface area contributed by atoms with Gasteiger partial charge < -0.3 is 15.2 Å². The quantitative estimate of drug-likeness (QED) is 0.824. The van der Waals surface area contributed by atoms with Crippen molar-refractivity contribution in [2.24, 2.45) is 0 Å². The maximum Gasteiger partial charge on any atom is 0.153 e. The van der Waals surface area contributed by atoms with E-state index in [-0.39, 0.29) is 6.10 Å². The Morgan fingerprint density at radius 2 is 2.00 bits per heavy atom. The zero-order valence-corrected chi connectivity index (χ0v) is 10.7. The Kier molecular flexibility index (Phi) is 3.99. The van der Waals surface area contributed by atoms with Crippen LogP contribution in [0.5, 0.6) is 5.75 Å². The fraction of sp³-hybridized carbons (Fsp3) is 0.357. The minimum atomic E-state index is 0.208. The van der Waals surface area contributed by atoms with Gasteiger partial charge in [-0.1, -0.05) is 12.1 Å². The summed E-state index contributed by atoms with van der Waals surface area (Å²) in [5, 5.41) is 0.932. The molecule has 2 aromatic rings. The van der Waals surface area contributed by atoms with Gasteiger partial charge in [0.05, 0.1) is 30.1 Å². The first-order valence-corrected chi connectivity index (χ1v) is 6.06. The van der Waals surface area contributed by atoms with Gasteiger partial charge in [0.25, 0.3) is 0 Å². The molecule has 18 heavy (non-hydrogen) atoms. The van der Waals surface area contributed by atoms with Crippen LogP contribution in [0.15, 0.2) is 30.5 Å². The summed E-state index contributed by atoms with van der Waals surface area (Å²) in [5.41, 5.74) is 7.34. The molecule has 0 bridgehead atoms. The molecule has 0 saturated carbocycles. The minimum Gasteiger partial charge on any atom is -0.488 e. The summed E-state index contributed by atoms with van der Waals surface area (Å²) in [6.07, 6.45) is 1.83. The predicted octanol–water partition coefficient (Wildman–Crippen LogP) is 2.62. The molecule has 1 aromatic carbocycles. The molecule has 0 aliphatic rings. The number of para-hydroxylation sites is 1. The molecule has 0 amide bonds. The van der Waals surface area contributed by atoms with Gasteiger partial charge in [-0.3, -0.25) is 4.98 Å². The summed E-state index contributed by atoms with van der Waals surface area (Å²) in [7, 11) is 0. The van der Waals surface area contributed by atoms with E-state index in [1.165, 1.54) is 0 Å². The van der Waals surface area contributed by atoms with Crippen LogP contribution in [0.1, 0.15) is 13.8 Å². The number of benzene rings is 1. The van der Waals surface area contributed by atoms with Crippen molar-refractivity contribution in [2.75, 3.05) is 18.9 Å². The number of rotatable bonds is 5. The number of nitrogens with zero attached hydrogens (tertiary/aromatic N) is 1. The van der Waals surface area contributed by atoms with Gasteiger partial charge in [0, 0.05) is 5.39 Å². The number of nitrogen functional groups attached to an aromatic ring is 1. The van der Waals surface area contributed by atoms with Crippen molar-refractivity contribution in [3.05, 3.63) is 30.5 Å². The lowest BCUT2D eigenvalue weighted by Gasteiger charge is -2.12. The van der Waals surface area contributed by atoms with Gasteiger partial charge in [-0.25, -0.2) is 0 Å². The summed E-state index contributed by atoms with van der Waals surface area (Å²) in [5.74, 6) is 0.688. The van der Waals surface area contributed by atoms with E-state index in [0.29, 0.717) is 24.7 Å². The number of nitrogens with two attached hydrogens (primary N) is 1. The molecule has 0 radical (unpaired) electrons. The van der Waals surface area contributed by atoms with Crippen molar-refractivity contribution in [1.29, 1.82) is 0 Å². The molecule has 2 N–H and O–H groups in total. The maximum atomic E-state index is 5.90. The standard InChI is InChI=1S/C14H18N2O2/c1-10(2)17-7-8-18-14-11-5-3-4-6-13(11)16-9-12(14)15/h3-6,9-10H,7-8,15H2,1-2H3. The summed E-state index contributed by atoms with van der Waals surface area (Å²) in [4.78, 5) is 4.26. The number of anilines is 1. The van der Waals surface area contributed by atoms with Crippen LogP contribution in [0, 0.1) is 0 Å². The zero-order valence-electron chi connectivity index (χ0n) is 10.7. The summed E-state index contributed by atoms with van der Waals surface area (Å²) >= 11 is 0.